The van der Waals surface area contributed by atoms with E-state index in [1.807, 2.05) is 6.07 Å². The molecule has 2 heterocycles. The van der Waals surface area contributed by atoms with Crippen molar-refractivity contribution >= 4 is 16.5 Å². The largest absolute Gasteiger partial charge is 0.375 e. The second kappa shape index (κ2) is 6.01. The van der Waals surface area contributed by atoms with Gasteiger partial charge in [-0.05, 0) is 25.7 Å². The van der Waals surface area contributed by atoms with Crippen LogP contribution in [0.25, 0.3) is 11.3 Å². The molecule has 116 valence electrons. The van der Waals surface area contributed by atoms with Crippen LogP contribution in [0.3, 0.4) is 0 Å². The highest BCUT2D eigenvalue weighted by Crippen LogP contribution is 2.40. The number of thiazole rings is 1. The van der Waals surface area contributed by atoms with Gasteiger partial charge in [-0.15, -0.1) is 11.3 Å². The van der Waals surface area contributed by atoms with Gasteiger partial charge in [-0.2, -0.15) is 0 Å². The molecule has 2 aliphatic rings. The summed E-state index contributed by atoms with van der Waals surface area (Å²) in [6, 6.07) is 10.9. The summed E-state index contributed by atoms with van der Waals surface area (Å²) >= 11 is 1.71. The van der Waals surface area contributed by atoms with Gasteiger partial charge >= 0.3 is 0 Å². The smallest absolute Gasteiger partial charge is 0.183 e. The Hall–Kier alpha value is -1.39. The standard InChI is InChI=1S/C18H22N2OS/c1-2-6-14(7-3-1)16-13-22-17(20-16)19-15-8-11-21-18(12-15)9-4-5-10-18/h1-3,6-7,13,15H,4-5,8-12H2,(H,19,20). The number of rotatable bonds is 3. The van der Waals surface area contributed by atoms with Gasteiger partial charge < -0.3 is 10.1 Å². The highest BCUT2D eigenvalue weighted by Gasteiger charge is 2.40. The number of ether oxygens (including phenoxy) is 1. The lowest BCUT2D eigenvalue weighted by Crippen LogP contribution is -2.42. The maximum absolute atomic E-state index is 6.11. The van der Waals surface area contributed by atoms with Crippen LogP contribution < -0.4 is 5.32 Å². The summed E-state index contributed by atoms with van der Waals surface area (Å²) in [7, 11) is 0. The van der Waals surface area contributed by atoms with Crippen LogP contribution >= 0.6 is 11.3 Å². The summed E-state index contributed by atoms with van der Waals surface area (Å²) in [6.07, 6.45) is 7.33. The van der Waals surface area contributed by atoms with Crippen LogP contribution in [0.5, 0.6) is 0 Å². The molecule has 0 bridgehead atoms. The molecule has 1 aliphatic heterocycles. The molecule has 1 atom stereocenters. The highest BCUT2D eigenvalue weighted by atomic mass is 32.1. The van der Waals surface area contributed by atoms with E-state index in [0.29, 0.717) is 6.04 Å². The number of hydrogen-bond donors (Lipinski definition) is 1. The summed E-state index contributed by atoms with van der Waals surface area (Å²) in [4.78, 5) is 4.76. The molecule has 1 unspecified atom stereocenters. The lowest BCUT2D eigenvalue weighted by molar-refractivity contribution is -0.0767. The first kappa shape index (κ1) is 14.2. The molecule has 3 nitrogen and oxygen atoms in total. The summed E-state index contributed by atoms with van der Waals surface area (Å²) in [6.45, 7) is 0.884. The van der Waals surface area contributed by atoms with Gasteiger partial charge in [-0.3, -0.25) is 0 Å². The first-order chi connectivity index (χ1) is 10.8. The van der Waals surface area contributed by atoms with Crippen molar-refractivity contribution in [2.24, 2.45) is 0 Å². The van der Waals surface area contributed by atoms with Gasteiger partial charge in [0.25, 0.3) is 0 Å². The maximum Gasteiger partial charge on any atom is 0.183 e. The van der Waals surface area contributed by atoms with Gasteiger partial charge in [-0.1, -0.05) is 43.2 Å². The van der Waals surface area contributed by atoms with Crippen molar-refractivity contribution in [1.29, 1.82) is 0 Å². The predicted molar refractivity (Wildman–Crippen MR) is 91.3 cm³/mol. The number of aromatic nitrogens is 1. The summed E-state index contributed by atoms with van der Waals surface area (Å²) in [5.41, 5.74) is 2.41. The molecule has 2 fully saturated rings. The van der Waals surface area contributed by atoms with E-state index >= 15 is 0 Å². The molecule has 1 N–H and O–H groups in total. The quantitative estimate of drug-likeness (QED) is 0.890. The van der Waals surface area contributed by atoms with Crippen LogP contribution in [0.15, 0.2) is 35.7 Å². The maximum atomic E-state index is 6.11. The van der Waals surface area contributed by atoms with Crippen LogP contribution in [-0.2, 0) is 4.74 Å². The SMILES string of the molecule is c1ccc(-c2csc(NC3CCOC4(CCCC4)C3)n2)cc1. The number of hydrogen-bond acceptors (Lipinski definition) is 4. The van der Waals surface area contributed by atoms with Gasteiger partial charge in [0, 0.05) is 23.6 Å². The zero-order valence-corrected chi connectivity index (χ0v) is 13.6. The fourth-order valence-electron chi connectivity index (χ4n) is 3.77. The Bertz CT molecular complexity index is 619. The minimum atomic E-state index is 0.162. The second-order valence-electron chi connectivity index (χ2n) is 6.48. The van der Waals surface area contributed by atoms with Gasteiger partial charge in [-0.25, -0.2) is 4.98 Å². The van der Waals surface area contributed by atoms with Gasteiger partial charge in [0.1, 0.15) is 0 Å². The zero-order chi connectivity index (χ0) is 14.8. The third-order valence-electron chi connectivity index (χ3n) is 4.91. The van der Waals surface area contributed by atoms with E-state index in [2.05, 4.69) is 35.0 Å². The van der Waals surface area contributed by atoms with E-state index in [-0.39, 0.29) is 5.60 Å². The second-order valence-corrected chi connectivity index (χ2v) is 7.33. The Morgan fingerprint density at radius 2 is 2.00 bits per heavy atom. The number of benzene rings is 1. The fraction of sp³-hybridized carbons (Fsp3) is 0.500. The summed E-state index contributed by atoms with van der Waals surface area (Å²) in [5.74, 6) is 0. The number of anilines is 1. The molecule has 1 aromatic heterocycles. The third-order valence-corrected chi connectivity index (χ3v) is 5.68. The third kappa shape index (κ3) is 2.90. The lowest BCUT2D eigenvalue weighted by atomic mass is 9.89. The molecule has 1 aromatic carbocycles. The van der Waals surface area contributed by atoms with Crippen molar-refractivity contribution in [3.05, 3.63) is 35.7 Å². The van der Waals surface area contributed by atoms with Gasteiger partial charge in [0.15, 0.2) is 5.13 Å². The number of nitrogens with zero attached hydrogens (tertiary/aromatic N) is 1. The molecule has 22 heavy (non-hydrogen) atoms. The summed E-state index contributed by atoms with van der Waals surface area (Å²) < 4.78 is 6.11. The molecule has 4 rings (SSSR count). The van der Waals surface area contributed by atoms with E-state index in [9.17, 15) is 0 Å². The van der Waals surface area contributed by atoms with Crippen molar-refractivity contribution in [2.45, 2.75) is 50.2 Å². The van der Waals surface area contributed by atoms with Crippen LogP contribution in [0.1, 0.15) is 38.5 Å². The van der Waals surface area contributed by atoms with Crippen molar-refractivity contribution in [1.82, 2.24) is 4.98 Å². The van der Waals surface area contributed by atoms with Crippen molar-refractivity contribution < 1.29 is 4.74 Å². The molecule has 4 heteroatoms. The van der Waals surface area contributed by atoms with E-state index in [1.165, 1.54) is 31.2 Å². The Kier molecular flexibility index (Phi) is 3.89. The molecular weight excluding hydrogens is 292 g/mol. The highest BCUT2D eigenvalue weighted by molar-refractivity contribution is 7.14. The van der Waals surface area contributed by atoms with E-state index in [0.717, 1.165) is 30.3 Å². The van der Waals surface area contributed by atoms with Crippen molar-refractivity contribution in [3.8, 4) is 11.3 Å². The van der Waals surface area contributed by atoms with Gasteiger partial charge in [0.2, 0.25) is 0 Å². The Morgan fingerprint density at radius 3 is 2.82 bits per heavy atom. The molecule has 1 saturated heterocycles. The van der Waals surface area contributed by atoms with Crippen LogP contribution in [0.2, 0.25) is 0 Å². The molecule has 1 saturated carbocycles. The molecule has 2 aromatic rings. The lowest BCUT2D eigenvalue weighted by Gasteiger charge is -2.38. The fourth-order valence-corrected chi connectivity index (χ4v) is 4.57. The molecule has 0 radical (unpaired) electrons. The van der Waals surface area contributed by atoms with E-state index in [1.54, 1.807) is 11.3 Å². The minimum Gasteiger partial charge on any atom is -0.375 e. The molecular formula is C18H22N2OS. The number of nitrogens with one attached hydrogen (secondary N) is 1. The first-order valence-electron chi connectivity index (χ1n) is 8.25. The normalized spacial score (nSPS) is 23.7. The minimum absolute atomic E-state index is 0.162. The predicted octanol–water partition coefficient (Wildman–Crippen LogP) is 4.71. The molecule has 1 spiro atoms. The van der Waals surface area contributed by atoms with Crippen molar-refractivity contribution in [3.63, 3.8) is 0 Å². The molecule has 1 aliphatic carbocycles. The zero-order valence-electron chi connectivity index (χ0n) is 12.8. The van der Waals surface area contributed by atoms with Crippen LogP contribution in [-0.4, -0.2) is 23.2 Å². The Labute approximate surface area is 135 Å². The van der Waals surface area contributed by atoms with Crippen molar-refractivity contribution in [2.75, 3.05) is 11.9 Å². The van der Waals surface area contributed by atoms with E-state index in [4.69, 9.17) is 9.72 Å². The average Bonchev–Trinajstić information content (AvgIpc) is 3.19. The van der Waals surface area contributed by atoms with Crippen LogP contribution in [0, 0.1) is 0 Å². The first-order valence-corrected chi connectivity index (χ1v) is 9.12. The topological polar surface area (TPSA) is 34.1 Å². The average molecular weight is 314 g/mol. The Balaban J connectivity index is 1.44. The van der Waals surface area contributed by atoms with Crippen LogP contribution in [0.4, 0.5) is 5.13 Å². The molecule has 0 amide bonds. The summed E-state index contributed by atoms with van der Waals surface area (Å²) in [5, 5.41) is 6.83. The Morgan fingerprint density at radius 1 is 1.18 bits per heavy atom. The van der Waals surface area contributed by atoms with Gasteiger partial charge in [0.05, 0.1) is 11.3 Å². The van der Waals surface area contributed by atoms with E-state index < -0.39 is 0 Å². The monoisotopic (exact) mass is 314 g/mol.